The number of carbonyl (C=O) groups excluding carboxylic acids is 2. The van der Waals surface area contributed by atoms with Crippen LogP contribution in [0.3, 0.4) is 0 Å². The van der Waals surface area contributed by atoms with Crippen LogP contribution in [0.2, 0.25) is 0 Å². The summed E-state index contributed by atoms with van der Waals surface area (Å²) < 4.78 is 0. The van der Waals surface area contributed by atoms with E-state index in [0.29, 0.717) is 16.5 Å². The largest absolute Gasteiger partial charge is 0.338 e. The lowest BCUT2D eigenvalue weighted by Gasteiger charge is -2.27. The minimum absolute atomic E-state index is 0.349. The number of anilines is 1. The van der Waals surface area contributed by atoms with E-state index in [1.165, 1.54) is 0 Å². The Hall–Kier alpha value is -1.93. The minimum atomic E-state index is -0.373. The summed E-state index contributed by atoms with van der Waals surface area (Å²) in [7, 11) is 0. The fraction of sp³-hybridized carbons (Fsp3) is 0.333. The SMILES string of the molecule is O=C1NC(=O)/C(=C\c2ccnc(N3CCNCC3)n2)S1. The van der Waals surface area contributed by atoms with Gasteiger partial charge in [-0.05, 0) is 23.9 Å². The van der Waals surface area contributed by atoms with E-state index in [1.807, 2.05) is 0 Å². The number of carbonyl (C=O) groups is 2. The van der Waals surface area contributed by atoms with E-state index in [0.717, 1.165) is 37.9 Å². The van der Waals surface area contributed by atoms with Crippen LogP contribution < -0.4 is 15.5 Å². The van der Waals surface area contributed by atoms with E-state index in [2.05, 4.69) is 25.5 Å². The van der Waals surface area contributed by atoms with Crippen molar-refractivity contribution in [1.82, 2.24) is 20.6 Å². The molecule has 2 N–H and O–H groups in total. The zero-order valence-electron chi connectivity index (χ0n) is 10.6. The average molecular weight is 291 g/mol. The summed E-state index contributed by atoms with van der Waals surface area (Å²) in [6.07, 6.45) is 3.27. The predicted octanol–water partition coefficient (Wildman–Crippen LogP) is 0.210. The van der Waals surface area contributed by atoms with Gasteiger partial charge in [0.25, 0.3) is 11.1 Å². The fourth-order valence-electron chi connectivity index (χ4n) is 2.01. The molecule has 1 aromatic rings. The molecule has 8 heteroatoms. The summed E-state index contributed by atoms with van der Waals surface area (Å²) in [5, 5.41) is 5.14. The summed E-state index contributed by atoms with van der Waals surface area (Å²) in [5.74, 6) is 0.276. The molecule has 2 aliphatic heterocycles. The molecule has 2 saturated heterocycles. The summed E-state index contributed by atoms with van der Waals surface area (Å²) >= 11 is 0.887. The Morgan fingerprint density at radius 3 is 2.80 bits per heavy atom. The third-order valence-electron chi connectivity index (χ3n) is 2.99. The van der Waals surface area contributed by atoms with E-state index in [1.54, 1.807) is 18.3 Å². The maximum absolute atomic E-state index is 11.5. The van der Waals surface area contributed by atoms with Crippen molar-refractivity contribution in [3.05, 3.63) is 22.9 Å². The van der Waals surface area contributed by atoms with Crippen molar-refractivity contribution in [2.45, 2.75) is 0 Å². The standard InChI is InChI=1S/C12H13N5O2S/c18-10-9(20-12(19)16-10)7-8-1-2-14-11(15-8)17-5-3-13-4-6-17/h1-2,7,13H,3-6H2,(H,16,18,19)/b9-7+. The van der Waals surface area contributed by atoms with Crippen molar-refractivity contribution in [3.8, 4) is 0 Å². The molecule has 0 unspecified atom stereocenters. The third kappa shape index (κ3) is 2.81. The van der Waals surface area contributed by atoms with Crippen molar-refractivity contribution in [1.29, 1.82) is 0 Å². The normalized spacial score (nSPS) is 21.4. The zero-order valence-corrected chi connectivity index (χ0v) is 11.4. The van der Waals surface area contributed by atoms with Crippen LogP contribution in [0.4, 0.5) is 10.7 Å². The molecule has 20 heavy (non-hydrogen) atoms. The Bertz CT molecular complexity index is 583. The van der Waals surface area contributed by atoms with Crippen molar-refractivity contribution >= 4 is 34.9 Å². The van der Waals surface area contributed by atoms with Gasteiger partial charge in [-0.1, -0.05) is 0 Å². The highest BCUT2D eigenvalue weighted by molar-refractivity contribution is 8.18. The van der Waals surface area contributed by atoms with Crippen LogP contribution in [0.25, 0.3) is 6.08 Å². The lowest BCUT2D eigenvalue weighted by Crippen LogP contribution is -2.44. The highest BCUT2D eigenvalue weighted by Crippen LogP contribution is 2.25. The topological polar surface area (TPSA) is 87.2 Å². The Labute approximate surface area is 119 Å². The third-order valence-corrected chi connectivity index (χ3v) is 3.80. The van der Waals surface area contributed by atoms with Gasteiger partial charge in [0.2, 0.25) is 5.95 Å². The van der Waals surface area contributed by atoms with Crippen LogP contribution in [-0.2, 0) is 4.79 Å². The van der Waals surface area contributed by atoms with Gasteiger partial charge >= 0.3 is 0 Å². The van der Waals surface area contributed by atoms with Crippen LogP contribution in [0.1, 0.15) is 5.69 Å². The molecule has 3 heterocycles. The predicted molar refractivity (Wildman–Crippen MR) is 76.2 cm³/mol. The Balaban J connectivity index is 1.82. The van der Waals surface area contributed by atoms with Gasteiger partial charge in [-0.2, -0.15) is 0 Å². The quantitative estimate of drug-likeness (QED) is 0.753. The molecular weight excluding hydrogens is 278 g/mol. The molecule has 2 aliphatic rings. The first-order valence-corrected chi connectivity index (χ1v) is 7.07. The van der Waals surface area contributed by atoms with E-state index in [9.17, 15) is 9.59 Å². The first-order valence-electron chi connectivity index (χ1n) is 6.26. The van der Waals surface area contributed by atoms with Crippen LogP contribution in [0.5, 0.6) is 0 Å². The van der Waals surface area contributed by atoms with Gasteiger partial charge in [-0.3, -0.25) is 14.9 Å². The van der Waals surface area contributed by atoms with Gasteiger partial charge in [-0.15, -0.1) is 0 Å². The molecule has 0 aromatic carbocycles. The second-order valence-corrected chi connectivity index (χ2v) is 5.39. The Kier molecular flexibility index (Phi) is 3.66. The Morgan fingerprint density at radius 2 is 2.10 bits per heavy atom. The van der Waals surface area contributed by atoms with Gasteiger partial charge in [0.1, 0.15) is 0 Å². The van der Waals surface area contributed by atoms with E-state index >= 15 is 0 Å². The van der Waals surface area contributed by atoms with Crippen molar-refractivity contribution in [2.75, 3.05) is 31.1 Å². The van der Waals surface area contributed by atoms with Gasteiger partial charge in [0.05, 0.1) is 10.6 Å². The van der Waals surface area contributed by atoms with Gasteiger partial charge < -0.3 is 10.2 Å². The number of amides is 2. The molecule has 1 aromatic heterocycles. The van der Waals surface area contributed by atoms with Crippen molar-refractivity contribution < 1.29 is 9.59 Å². The fourth-order valence-corrected chi connectivity index (χ4v) is 2.68. The van der Waals surface area contributed by atoms with Crippen molar-refractivity contribution in [3.63, 3.8) is 0 Å². The summed E-state index contributed by atoms with van der Waals surface area (Å²) in [6, 6.07) is 1.72. The monoisotopic (exact) mass is 291 g/mol. The number of piperazine rings is 1. The smallest absolute Gasteiger partial charge is 0.290 e. The second kappa shape index (κ2) is 5.59. The van der Waals surface area contributed by atoms with Crippen LogP contribution in [0.15, 0.2) is 17.2 Å². The Morgan fingerprint density at radius 1 is 1.30 bits per heavy atom. The number of hydrogen-bond acceptors (Lipinski definition) is 7. The molecule has 0 atom stereocenters. The number of rotatable bonds is 2. The average Bonchev–Trinajstić information content (AvgIpc) is 2.78. The van der Waals surface area contributed by atoms with Gasteiger partial charge in [0, 0.05) is 32.4 Å². The lowest BCUT2D eigenvalue weighted by molar-refractivity contribution is -0.115. The molecule has 3 rings (SSSR count). The van der Waals surface area contributed by atoms with Crippen molar-refractivity contribution in [2.24, 2.45) is 0 Å². The van der Waals surface area contributed by atoms with Crippen LogP contribution in [-0.4, -0.2) is 47.3 Å². The minimum Gasteiger partial charge on any atom is -0.338 e. The molecule has 104 valence electrons. The van der Waals surface area contributed by atoms with Gasteiger partial charge in [-0.25, -0.2) is 9.97 Å². The maximum Gasteiger partial charge on any atom is 0.290 e. The lowest BCUT2D eigenvalue weighted by atomic mass is 10.3. The molecule has 7 nitrogen and oxygen atoms in total. The number of imide groups is 1. The number of thioether (sulfide) groups is 1. The summed E-state index contributed by atoms with van der Waals surface area (Å²) in [4.78, 5) is 33.7. The molecule has 0 saturated carbocycles. The maximum atomic E-state index is 11.5. The second-order valence-electron chi connectivity index (χ2n) is 4.37. The molecular formula is C12H13N5O2S. The highest BCUT2D eigenvalue weighted by Gasteiger charge is 2.25. The summed E-state index contributed by atoms with van der Waals surface area (Å²) in [5.41, 5.74) is 0.626. The molecule has 0 aliphatic carbocycles. The number of nitrogens with one attached hydrogen (secondary N) is 2. The molecule has 0 bridgehead atoms. The van der Waals surface area contributed by atoms with Gasteiger partial charge in [0.15, 0.2) is 0 Å². The first-order chi connectivity index (χ1) is 9.72. The highest BCUT2D eigenvalue weighted by atomic mass is 32.2. The first kappa shape index (κ1) is 13.1. The zero-order chi connectivity index (χ0) is 13.9. The summed E-state index contributed by atoms with van der Waals surface area (Å²) in [6.45, 7) is 3.52. The molecule has 2 fully saturated rings. The number of nitrogens with zero attached hydrogens (tertiary/aromatic N) is 3. The van der Waals surface area contributed by atoms with E-state index < -0.39 is 0 Å². The number of hydrogen-bond donors (Lipinski definition) is 2. The van der Waals surface area contributed by atoms with Crippen LogP contribution in [0, 0.1) is 0 Å². The molecule has 0 spiro atoms. The molecule has 0 radical (unpaired) electrons. The van der Waals surface area contributed by atoms with E-state index in [4.69, 9.17) is 0 Å². The number of aromatic nitrogens is 2. The van der Waals surface area contributed by atoms with Crippen LogP contribution >= 0.6 is 11.8 Å². The van der Waals surface area contributed by atoms with E-state index in [-0.39, 0.29) is 11.1 Å². The molecule has 2 amide bonds.